The molecule has 1 saturated heterocycles. The lowest BCUT2D eigenvalue weighted by atomic mass is 9.93. The first kappa shape index (κ1) is 21.5. The average molecular weight is 409 g/mol. The van der Waals surface area contributed by atoms with Crippen LogP contribution in [0.5, 0.6) is 0 Å². The fraction of sp³-hybridized carbons (Fsp3) is 0.391. The Morgan fingerprint density at radius 1 is 1.17 bits per heavy atom. The van der Waals surface area contributed by atoms with E-state index in [1.807, 2.05) is 42.2 Å². The van der Waals surface area contributed by atoms with Crippen LogP contribution in [0.1, 0.15) is 53.6 Å². The van der Waals surface area contributed by atoms with Crippen molar-refractivity contribution in [1.29, 1.82) is 0 Å². The molecule has 0 spiro atoms. The van der Waals surface area contributed by atoms with Gasteiger partial charge in [0.15, 0.2) is 0 Å². The molecule has 158 valence electrons. The highest BCUT2D eigenvalue weighted by Gasteiger charge is 2.29. The molecule has 1 fully saturated rings. The molecule has 3 rings (SSSR count). The number of nitrogens with zero attached hydrogens (tertiary/aromatic N) is 2. The van der Waals surface area contributed by atoms with Crippen LogP contribution in [0.4, 0.5) is 5.69 Å². The van der Waals surface area contributed by atoms with Crippen molar-refractivity contribution in [3.63, 3.8) is 0 Å². The molecule has 0 aromatic heterocycles. The number of carbonyl (C=O) groups excluding carboxylic acids is 2. The van der Waals surface area contributed by atoms with Gasteiger partial charge in [0.1, 0.15) is 0 Å². The van der Waals surface area contributed by atoms with E-state index in [0.29, 0.717) is 37.1 Å². The lowest BCUT2D eigenvalue weighted by molar-refractivity contribution is -0.385. The van der Waals surface area contributed by atoms with Crippen LogP contribution in [0, 0.1) is 17.0 Å². The summed E-state index contributed by atoms with van der Waals surface area (Å²) in [5.41, 5.74) is 1.91. The van der Waals surface area contributed by atoms with E-state index in [0.717, 1.165) is 12.0 Å². The predicted octanol–water partition coefficient (Wildman–Crippen LogP) is 3.82. The van der Waals surface area contributed by atoms with Crippen molar-refractivity contribution < 1.29 is 14.5 Å². The van der Waals surface area contributed by atoms with Crippen LogP contribution in [-0.2, 0) is 4.79 Å². The van der Waals surface area contributed by atoms with Gasteiger partial charge in [0.05, 0.1) is 10.8 Å². The van der Waals surface area contributed by atoms with E-state index in [4.69, 9.17) is 0 Å². The van der Waals surface area contributed by atoms with Crippen LogP contribution in [0.3, 0.4) is 0 Å². The molecule has 0 bridgehead atoms. The second kappa shape index (κ2) is 9.52. The predicted molar refractivity (Wildman–Crippen MR) is 114 cm³/mol. The van der Waals surface area contributed by atoms with E-state index in [1.54, 1.807) is 6.92 Å². The summed E-state index contributed by atoms with van der Waals surface area (Å²) < 4.78 is 0. The highest BCUT2D eigenvalue weighted by Crippen LogP contribution is 2.24. The molecule has 7 heteroatoms. The smallest absolute Gasteiger partial charge is 0.272 e. The van der Waals surface area contributed by atoms with Gasteiger partial charge in [-0.2, -0.15) is 0 Å². The molecule has 0 saturated carbocycles. The number of nitro groups is 1. The topological polar surface area (TPSA) is 92.6 Å². The number of piperidine rings is 1. The summed E-state index contributed by atoms with van der Waals surface area (Å²) in [5, 5.41) is 13.9. The molecular formula is C23H27N3O4. The summed E-state index contributed by atoms with van der Waals surface area (Å²) in [6.45, 7) is 4.85. The van der Waals surface area contributed by atoms with Crippen molar-refractivity contribution in [3.05, 3.63) is 75.3 Å². The van der Waals surface area contributed by atoms with E-state index in [9.17, 15) is 19.7 Å². The molecule has 1 heterocycles. The Morgan fingerprint density at radius 2 is 1.83 bits per heavy atom. The van der Waals surface area contributed by atoms with Crippen LogP contribution >= 0.6 is 0 Å². The molecule has 2 aromatic rings. The van der Waals surface area contributed by atoms with Gasteiger partial charge in [-0.1, -0.05) is 37.3 Å². The zero-order valence-electron chi connectivity index (χ0n) is 17.3. The zero-order chi connectivity index (χ0) is 21.7. The maximum absolute atomic E-state index is 13.0. The molecule has 30 heavy (non-hydrogen) atoms. The van der Waals surface area contributed by atoms with Gasteiger partial charge in [0.25, 0.3) is 11.6 Å². The SMILES string of the molecule is CCC(C(=O)N1CCC(NC(=O)c2ccc([N+](=O)[O-])c(C)c2)CC1)c1ccccc1. The van der Waals surface area contributed by atoms with Gasteiger partial charge in [-0.3, -0.25) is 19.7 Å². The minimum absolute atomic E-state index is 0.00210. The Bertz CT molecular complexity index is 921. The number of likely N-dealkylation sites (tertiary alicyclic amines) is 1. The molecular weight excluding hydrogens is 382 g/mol. The third-order valence-corrected chi connectivity index (χ3v) is 5.71. The first-order valence-corrected chi connectivity index (χ1v) is 10.3. The van der Waals surface area contributed by atoms with Crippen molar-refractivity contribution in [3.8, 4) is 0 Å². The molecule has 0 radical (unpaired) electrons. The number of hydrogen-bond acceptors (Lipinski definition) is 4. The quantitative estimate of drug-likeness (QED) is 0.580. The Labute approximate surface area is 176 Å². The molecule has 1 atom stereocenters. The summed E-state index contributed by atoms with van der Waals surface area (Å²) in [6.07, 6.45) is 2.13. The van der Waals surface area contributed by atoms with Crippen LogP contribution in [0.2, 0.25) is 0 Å². The monoisotopic (exact) mass is 409 g/mol. The lowest BCUT2D eigenvalue weighted by Gasteiger charge is -2.34. The van der Waals surface area contributed by atoms with Gasteiger partial charge >= 0.3 is 0 Å². The highest BCUT2D eigenvalue weighted by atomic mass is 16.6. The van der Waals surface area contributed by atoms with E-state index < -0.39 is 4.92 Å². The number of hydrogen-bond donors (Lipinski definition) is 1. The minimum Gasteiger partial charge on any atom is -0.349 e. The number of aryl methyl sites for hydroxylation is 1. The van der Waals surface area contributed by atoms with Gasteiger partial charge in [-0.15, -0.1) is 0 Å². The van der Waals surface area contributed by atoms with E-state index in [1.165, 1.54) is 18.2 Å². The number of rotatable bonds is 6. The molecule has 7 nitrogen and oxygen atoms in total. The van der Waals surface area contributed by atoms with Crippen molar-refractivity contribution in [2.45, 2.75) is 45.1 Å². The van der Waals surface area contributed by atoms with Crippen molar-refractivity contribution in [1.82, 2.24) is 10.2 Å². The minimum atomic E-state index is -0.456. The number of nitrogens with one attached hydrogen (secondary N) is 1. The third kappa shape index (κ3) is 4.84. The summed E-state index contributed by atoms with van der Waals surface area (Å²) >= 11 is 0. The van der Waals surface area contributed by atoms with Crippen LogP contribution in [0.25, 0.3) is 0 Å². The fourth-order valence-corrected chi connectivity index (χ4v) is 3.97. The van der Waals surface area contributed by atoms with Crippen LogP contribution in [-0.4, -0.2) is 40.8 Å². The van der Waals surface area contributed by atoms with Crippen molar-refractivity contribution in [2.75, 3.05) is 13.1 Å². The molecule has 2 amide bonds. The maximum atomic E-state index is 13.0. The largest absolute Gasteiger partial charge is 0.349 e. The molecule has 0 aliphatic carbocycles. The first-order valence-electron chi connectivity index (χ1n) is 10.3. The van der Waals surface area contributed by atoms with Crippen molar-refractivity contribution >= 4 is 17.5 Å². The first-order chi connectivity index (χ1) is 14.4. The average Bonchev–Trinajstić information content (AvgIpc) is 2.75. The summed E-state index contributed by atoms with van der Waals surface area (Å²) in [5.74, 6) is -0.242. The number of amides is 2. The summed E-state index contributed by atoms with van der Waals surface area (Å²) in [4.78, 5) is 37.9. The maximum Gasteiger partial charge on any atom is 0.272 e. The molecule has 1 unspecified atom stereocenters. The molecule has 2 aromatic carbocycles. The van der Waals surface area contributed by atoms with Gasteiger partial charge in [0.2, 0.25) is 5.91 Å². The van der Waals surface area contributed by atoms with Crippen LogP contribution < -0.4 is 5.32 Å². The third-order valence-electron chi connectivity index (χ3n) is 5.71. The second-order valence-electron chi connectivity index (χ2n) is 7.70. The molecule has 1 aliphatic heterocycles. The molecule has 1 N–H and O–H groups in total. The lowest BCUT2D eigenvalue weighted by Crippen LogP contribution is -2.47. The number of benzene rings is 2. The van der Waals surface area contributed by atoms with Gasteiger partial charge in [0, 0.05) is 36.3 Å². The number of carbonyl (C=O) groups is 2. The second-order valence-corrected chi connectivity index (χ2v) is 7.70. The standard InChI is InChI=1S/C23H27N3O4/c1-3-20(17-7-5-4-6-8-17)23(28)25-13-11-19(12-14-25)24-22(27)18-9-10-21(26(29)30)16(2)15-18/h4-10,15,19-20H,3,11-14H2,1-2H3,(H,24,27). The normalized spacial score (nSPS) is 15.5. The molecule has 1 aliphatic rings. The van der Waals surface area contributed by atoms with E-state index in [-0.39, 0.29) is 29.5 Å². The number of nitro benzene ring substituents is 1. The van der Waals surface area contributed by atoms with Crippen LogP contribution in [0.15, 0.2) is 48.5 Å². The Kier molecular flexibility index (Phi) is 6.82. The summed E-state index contributed by atoms with van der Waals surface area (Å²) in [6, 6.07) is 14.2. The van der Waals surface area contributed by atoms with Gasteiger partial charge in [-0.25, -0.2) is 0 Å². The highest BCUT2D eigenvalue weighted by molar-refractivity contribution is 5.95. The zero-order valence-corrected chi connectivity index (χ0v) is 17.3. The van der Waals surface area contributed by atoms with Crippen molar-refractivity contribution in [2.24, 2.45) is 0 Å². The summed E-state index contributed by atoms with van der Waals surface area (Å²) in [7, 11) is 0. The fourth-order valence-electron chi connectivity index (χ4n) is 3.97. The Morgan fingerprint density at radius 3 is 2.40 bits per heavy atom. The van der Waals surface area contributed by atoms with Gasteiger partial charge in [-0.05, 0) is 43.9 Å². The van der Waals surface area contributed by atoms with Gasteiger partial charge < -0.3 is 10.2 Å². The Balaban J connectivity index is 1.56. The van der Waals surface area contributed by atoms with E-state index >= 15 is 0 Å². The Hall–Kier alpha value is -3.22. The van der Waals surface area contributed by atoms with E-state index in [2.05, 4.69) is 5.32 Å².